The van der Waals surface area contributed by atoms with Gasteiger partial charge in [-0.25, -0.2) is 0 Å². The van der Waals surface area contributed by atoms with Crippen molar-refractivity contribution >= 4 is 0 Å². The highest BCUT2D eigenvalue weighted by Crippen LogP contribution is 2.62. The molecule has 3 aliphatic rings. The van der Waals surface area contributed by atoms with Gasteiger partial charge in [0, 0.05) is 11.8 Å². The van der Waals surface area contributed by atoms with E-state index in [1.54, 1.807) is 0 Å². The van der Waals surface area contributed by atoms with Crippen molar-refractivity contribution in [3.8, 4) is 55.6 Å². The van der Waals surface area contributed by atoms with Gasteiger partial charge >= 0.3 is 0 Å². The molecule has 63 heavy (non-hydrogen) atoms. The molecule has 2 atom stereocenters. The van der Waals surface area contributed by atoms with Crippen molar-refractivity contribution in [3.63, 3.8) is 0 Å². The number of benzene rings is 10. The van der Waals surface area contributed by atoms with Gasteiger partial charge in [-0.1, -0.05) is 231 Å². The lowest BCUT2D eigenvalue weighted by molar-refractivity contribution is 0.768. The molecule has 0 saturated carbocycles. The lowest BCUT2D eigenvalue weighted by Gasteiger charge is -2.34. The second kappa shape index (κ2) is 14.1. The first-order valence-corrected chi connectivity index (χ1v) is 22.2. The van der Waals surface area contributed by atoms with Crippen LogP contribution in [0.3, 0.4) is 0 Å². The van der Waals surface area contributed by atoms with Crippen LogP contribution in [-0.2, 0) is 5.41 Å². The van der Waals surface area contributed by atoms with E-state index in [1.807, 2.05) is 0 Å². The third kappa shape index (κ3) is 5.28. The van der Waals surface area contributed by atoms with Crippen molar-refractivity contribution in [3.05, 3.63) is 298 Å². The molecule has 2 unspecified atom stereocenters. The first kappa shape index (κ1) is 35.9. The molecule has 0 bridgehead atoms. The van der Waals surface area contributed by atoms with E-state index in [2.05, 4.69) is 243 Å². The van der Waals surface area contributed by atoms with Crippen LogP contribution >= 0.6 is 0 Å². The zero-order chi connectivity index (χ0) is 41.5. The van der Waals surface area contributed by atoms with Crippen LogP contribution in [0.5, 0.6) is 0 Å². The maximum absolute atomic E-state index is 2.51. The molecule has 0 heteroatoms. The van der Waals surface area contributed by atoms with Gasteiger partial charge in [0.2, 0.25) is 0 Å². The topological polar surface area (TPSA) is 0 Å². The molecule has 13 rings (SSSR count). The summed E-state index contributed by atoms with van der Waals surface area (Å²) in [6.07, 6.45) is 0. The predicted molar refractivity (Wildman–Crippen MR) is 260 cm³/mol. The Balaban J connectivity index is 1.04. The second-order valence-corrected chi connectivity index (χ2v) is 17.4. The molecular weight excluding hydrogens is 757 g/mol. The molecule has 3 aliphatic carbocycles. The fourth-order valence-electron chi connectivity index (χ4n) is 11.7. The molecule has 0 saturated heterocycles. The standard InChI is InChI=1S/C63H42/c1-5-17-41(18-6-1)42-29-31-44(32-30-42)60-52-36-34-46(45-33-35-51-55(39-45)49-25-13-14-26-50(49)59(51)43-19-7-2-8-20-43)40-56(52)61-54(60)37-38-58-62(61)53-27-15-16-28-57(53)63(58,47-21-9-3-10-22-47)48-23-11-4-12-24-48/h1-40,59-60H. The third-order valence-corrected chi connectivity index (χ3v) is 14.3. The van der Waals surface area contributed by atoms with Crippen molar-refractivity contribution < 1.29 is 0 Å². The third-order valence-electron chi connectivity index (χ3n) is 14.3. The van der Waals surface area contributed by atoms with E-state index in [1.165, 1.54) is 111 Å². The summed E-state index contributed by atoms with van der Waals surface area (Å²) in [4.78, 5) is 0. The Kier molecular flexibility index (Phi) is 8.05. The Labute approximate surface area is 369 Å². The molecule has 0 amide bonds. The summed E-state index contributed by atoms with van der Waals surface area (Å²) >= 11 is 0. The molecule has 0 aromatic heterocycles. The van der Waals surface area contributed by atoms with Crippen LogP contribution in [0.15, 0.2) is 243 Å². The van der Waals surface area contributed by atoms with Crippen LogP contribution in [0, 0.1) is 0 Å². The summed E-state index contributed by atoms with van der Waals surface area (Å²) < 4.78 is 0. The number of fused-ring (bicyclic) bond motifs is 10. The highest BCUT2D eigenvalue weighted by Gasteiger charge is 2.48. The smallest absolute Gasteiger partial charge is 0.0622 e. The Bertz CT molecular complexity index is 3320. The molecule has 0 radical (unpaired) electrons. The Hall–Kier alpha value is -7.80. The summed E-state index contributed by atoms with van der Waals surface area (Å²) in [5, 5.41) is 0. The molecule has 0 aliphatic heterocycles. The van der Waals surface area contributed by atoms with Gasteiger partial charge < -0.3 is 0 Å². The summed E-state index contributed by atoms with van der Waals surface area (Å²) in [6.45, 7) is 0. The molecule has 0 N–H and O–H groups in total. The van der Waals surface area contributed by atoms with Gasteiger partial charge in [0.05, 0.1) is 5.41 Å². The minimum atomic E-state index is -0.473. The molecule has 10 aromatic carbocycles. The van der Waals surface area contributed by atoms with E-state index < -0.39 is 5.41 Å². The fourth-order valence-corrected chi connectivity index (χ4v) is 11.7. The normalized spacial score (nSPS) is 15.7. The quantitative estimate of drug-likeness (QED) is 0.157. The van der Waals surface area contributed by atoms with Crippen molar-refractivity contribution in [2.24, 2.45) is 0 Å². The molecule has 0 spiro atoms. The van der Waals surface area contributed by atoms with Gasteiger partial charge in [0.15, 0.2) is 0 Å². The maximum atomic E-state index is 2.51. The number of hydrogen-bond acceptors (Lipinski definition) is 0. The Morgan fingerprint density at radius 1 is 0.254 bits per heavy atom. The first-order valence-electron chi connectivity index (χ1n) is 22.2. The number of rotatable bonds is 6. The van der Waals surface area contributed by atoms with Crippen LogP contribution in [0.4, 0.5) is 0 Å². The Morgan fingerprint density at radius 2 is 0.714 bits per heavy atom. The first-order chi connectivity index (χ1) is 31.3. The summed E-state index contributed by atoms with van der Waals surface area (Å²) in [6, 6.07) is 91.0. The molecule has 0 heterocycles. The predicted octanol–water partition coefficient (Wildman–Crippen LogP) is 15.7. The minimum absolute atomic E-state index is 0.0910. The number of hydrogen-bond donors (Lipinski definition) is 0. The molecule has 10 aromatic rings. The van der Waals surface area contributed by atoms with E-state index in [-0.39, 0.29) is 11.8 Å². The average Bonchev–Trinajstić information content (AvgIpc) is 3.99. The van der Waals surface area contributed by atoms with Gasteiger partial charge in [-0.15, -0.1) is 0 Å². The van der Waals surface area contributed by atoms with Gasteiger partial charge in [-0.2, -0.15) is 0 Å². The summed E-state index contributed by atoms with van der Waals surface area (Å²) in [7, 11) is 0. The van der Waals surface area contributed by atoms with Crippen molar-refractivity contribution in [1.82, 2.24) is 0 Å². The SMILES string of the molecule is c1ccc(-c2ccc(C3c4ccc(-c5ccc6c(c5)-c5ccccc5C6c5ccccc5)cc4-c4c3ccc3c4-c4ccccc4C3(c3ccccc3)c3ccccc3)cc2)cc1. The zero-order valence-electron chi connectivity index (χ0n) is 34.7. The monoisotopic (exact) mass is 798 g/mol. The summed E-state index contributed by atoms with van der Waals surface area (Å²) in [5.74, 6) is 0.317. The lowest BCUT2D eigenvalue weighted by Crippen LogP contribution is -2.28. The molecular formula is C63H42. The largest absolute Gasteiger partial charge is 0.0713 e. The second-order valence-electron chi connectivity index (χ2n) is 17.4. The molecule has 0 nitrogen and oxygen atoms in total. The average molecular weight is 799 g/mol. The minimum Gasteiger partial charge on any atom is -0.0622 e. The van der Waals surface area contributed by atoms with Crippen LogP contribution in [0.25, 0.3) is 55.6 Å². The van der Waals surface area contributed by atoms with Crippen LogP contribution in [-0.4, -0.2) is 0 Å². The van der Waals surface area contributed by atoms with Gasteiger partial charge in [0.25, 0.3) is 0 Å². The van der Waals surface area contributed by atoms with E-state index in [0.717, 1.165) is 0 Å². The summed E-state index contributed by atoms with van der Waals surface area (Å²) in [5.41, 5.74) is 25.9. The highest BCUT2D eigenvalue weighted by molar-refractivity contribution is 6.01. The maximum Gasteiger partial charge on any atom is 0.0713 e. The Morgan fingerprint density at radius 3 is 1.40 bits per heavy atom. The molecule has 0 fully saturated rings. The van der Waals surface area contributed by atoms with E-state index in [9.17, 15) is 0 Å². The molecule has 294 valence electrons. The van der Waals surface area contributed by atoms with Gasteiger partial charge in [0.1, 0.15) is 0 Å². The van der Waals surface area contributed by atoms with Gasteiger partial charge in [-0.05, 0) is 123 Å². The lowest BCUT2D eigenvalue weighted by atomic mass is 9.67. The van der Waals surface area contributed by atoms with Crippen molar-refractivity contribution in [2.45, 2.75) is 17.3 Å². The highest BCUT2D eigenvalue weighted by atomic mass is 14.5. The van der Waals surface area contributed by atoms with Crippen LogP contribution in [0.1, 0.15) is 67.5 Å². The van der Waals surface area contributed by atoms with Crippen molar-refractivity contribution in [1.29, 1.82) is 0 Å². The fraction of sp³-hybridized carbons (Fsp3) is 0.0476. The van der Waals surface area contributed by atoms with Crippen LogP contribution < -0.4 is 0 Å². The zero-order valence-corrected chi connectivity index (χ0v) is 34.7. The van der Waals surface area contributed by atoms with Crippen molar-refractivity contribution in [2.75, 3.05) is 0 Å². The van der Waals surface area contributed by atoms with Crippen LogP contribution in [0.2, 0.25) is 0 Å². The van der Waals surface area contributed by atoms with E-state index in [0.29, 0.717) is 0 Å². The van der Waals surface area contributed by atoms with E-state index in [4.69, 9.17) is 0 Å². The van der Waals surface area contributed by atoms with E-state index >= 15 is 0 Å². The van der Waals surface area contributed by atoms with Gasteiger partial charge in [-0.3, -0.25) is 0 Å².